The SMILES string of the molecule is CCCCCCOC1COC(CCc2ccc3c(F)c(CCc4ccc(OCC(F)(F)F)c(F)c4)ccc3c2)OC1. The summed E-state index contributed by atoms with van der Waals surface area (Å²) in [5, 5.41) is 1.28. The third-order valence-corrected chi connectivity index (χ3v) is 7.13. The molecule has 3 aromatic carbocycles. The van der Waals surface area contributed by atoms with Crippen LogP contribution < -0.4 is 4.74 Å². The van der Waals surface area contributed by atoms with Gasteiger partial charge in [-0.3, -0.25) is 0 Å². The topological polar surface area (TPSA) is 36.9 Å². The third kappa shape index (κ3) is 9.65. The zero-order chi connectivity index (χ0) is 29.2. The molecule has 224 valence electrons. The average Bonchev–Trinajstić information content (AvgIpc) is 2.95. The van der Waals surface area contributed by atoms with E-state index < -0.39 is 24.3 Å². The Morgan fingerprint density at radius 1 is 0.854 bits per heavy atom. The summed E-state index contributed by atoms with van der Waals surface area (Å²) in [6.45, 7) is 2.39. The molecule has 0 N–H and O–H groups in total. The van der Waals surface area contributed by atoms with Crippen molar-refractivity contribution in [3.05, 3.63) is 76.9 Å². The summed E-state index contributed by atoms with van der Waals surface area (Å²) in [5.74, 6) is -1.68. The van der Waals surface area contributed by atoms with Crippen LogP contribution in [0.15, 0.2) is 48.5 Å². The molecule has 4 nitrogen and oxygen atoms in total. The highest BCUT2D eigenvalue weighted by Gasteiger charge is 2.29. The Morgan fingerprint density at radius 3 is 2.34 bits per heavy atom. The molecule has 0 saturated carbocycles. The first-order valence-corrected chi connectivity index (χ1v) is 14.2. The van der Waals surface area contributed by atoms with Gasteiger partial charge in [0, 0.05) is 18.4 Å². The second-order valence-corrected chi connectivity index (χ2v) is 10.5. The average molecular weight is 581 g/mol. The van der Waals surface area contributed by atoms with Gasteiger partial charge in [-0.05, 0) is 59.9 Å². The number of hydrogen-bond donors (Lipinski definition) is 0. The fourth-order valence-corrected chi connectivity index (χ4v) is 4.84. The highest BCUT2D eigenvalue weighted by atomic mass is 19.4. The van der Waals surface area contributed by atoms with Crippen LogP contribution in [0.5, 0.6) is 5.75 Å². The van der Waals surface area contributed by atoms with Gasteiger partial charge >= 0.3 is 6.18 Å². The first-order chi connectivity index (χ1) is 19.7. The molecule has 0 atom stereocenters. The van der Waals surface area contributed by atoms with E-state index in [-0.39, 0.29) is 18.2 Å². The smallest absolute Gasteiger partial charge is 0.422 e. The van der Waals surface area contributed by atoms with Crippen LogP contribution in [0.25, 0.3) is 10.8 Å². The van der Waals surface area contributed by atoms with Gasteiger partial charge in [0.15, 0.2) is 24.5 Å². The molecule has 1 aliphatic heterocycles. The summed E-state index contributed by atoms with van der Waals surface area (Å²) in [6, 6.07) is 13.0. The maximum absolute atomic E-state index is 15.3. The Morgan fingerprint density at radius 2 is 1.61 bits per heavy atom. The van der Waals surface area contributed by atoms with Gasteiger partial charge in [-0.2, -0.15) is 13.2 Å². The minimum Gasteiger partial charge on any atom is -0.481 e. The fourth-order valence-electron chi connectivity index (χ4n) is 4.84. The van der Waals surface area contributed by atoms with Crippen LogP contribution in [0.3, 0.4) is 0 Å². The molecular formula is C32H37F5O4. The molecule has 9 heteroatoms. The van der Waals surface area contributed by atoms with Gasteiger partial charge < -0.3 is 18.9 Å². The molecule has 3 aromatic rings. The van der Waals surface area contributed by atoms with Gasteiger partial charge in [0.05, 0.1) is 13.2 Å². The van der Waals surface area contributed by atoms with Crippen LogP contribution >= 0.6 is 0 Å². The van der Waals surface area contributed by atoms with Gasteiger partial charge in [-0.1, -0.05) is 62.6 Å². The van der Waals surface area contributed by atoms with Crippen LogP contribution in [0.2, 0.25) is 0 Å². The second-order valence-electron chi connectivity index (χ2n) is 10.5. The van der Waals surface area contributed by atoms with Crippen LogP contribution in [0, 0.1) is 11.6 Å². The Labute approximate surface area is 237 Å². The van der Waals surface area contributed by atoms with Crippen LogP contribution in [0.4, 0.5) is 22.0 Å². The molecular weight excluding hydrogens is 543 g/mol. The summed E-state index contributed by atoms with van der Waals surface area (Å²) >= 11 is 0. The molecule has 0 aliphatic carbocycles. The quantitative estimate of drug-likeness (QED) is 0.143. The molecule has 41 heavy (non-hydrogen) atoms. The van der Waals surface area contributed by atoms with Gasteiger partial charge in [-0.25, -0.2) is 8.78 Å². The van der Waals surface area contributed by atoms with E-state index in [1.807, 2.05) is 18.2 Å². The number of unbranched alkanes of at least 4 members (excludes halogenated alkanes) is 3. The Kier molecular flexibility index (Phi) is 11.4. The summed E-state index contributed by atoms with van der Waals surface area (Å²) in [4.78, 5) is 0. The van der Waals surface area contributed by atoms with Gasteiger partial charge in [0.1, 0.15) is 11.9 Å². The zero-order valence-corrected chi connectivity index (χ0v) is 23.3. The lowest BCUT2D eigenvalue weighted by Gasteiger charge is -2.29. The monoisotopic (exact) mass is 580 g/mol. The van der Waals surface area contributed by atoms with E-state index in [4.69, 9.17) is 14.2 Å². The lowest BCUT2D eigenvalue weighted by Crippen LogP contribution is -2.37. The molecule has 4 rings (SSSR count). The Hall–Kier alpha value is -2.75. The predicted octanol–water partition coefficient (Wildman–Crippen LogP) is 8.12. The van der Waals surface area contributed by atoms with Crippen molar-refractivity contribution in [2.24, 2.45) is 0 Å². The van der Waals surface area contributed by atoms with E-state index in [1.54, 1.807) is 12.1 Å². The lowest BCUT2D eigenvalue weighted by molar-refractivity contribution is -0.227. The number of halogens is 5. The molecule has 1 heterocycles. The van der Waals surface area contributed by atoms with Gasteiger partial charge in [0.25, 0.3) is 0 Å². The normalized spacial score (nSPS) is 17.7. The number of aryl methyl sites for hydroxylation is 3. The number of ether oxygens (including phenoxy) is 4. The second kappa shape index (κ2) is 14.9. The zero-order valence-electron chi connectivity index (χ0n) is 23.3. The highest BCUT2D eigenvalue weighted by molar-refractivity contribution is 5.84. The maximum atomic E-state index is 15.3. The minimum atomic E-state index is -4.55. The van der Waals surface area contributed by atoms with Crippen LogP contribution in [-0.2, 0) is 33.5 Å². The Balaban J connectivity index is 1.25. The maximum Gasteiger partial charge on any atom is 0.422 e. The first-order valence-electron chi connectivity index (χ1n) is 14.2. The lowest BCUT2D eigenvalue weighted by atomic mass is 9.98. The van der Waals surface area contributed by atoms with Crippen molar-refractivity contribution in [2.75, 3.05) is 26.4 Å². The van der Waals surface area contributed by atoms with Crippen LogP contribution in [0.1, 0.15) is 55.7 Å². The molecule has 0 aromatic heterocycles. The van der Waals surface area contributed by atoms with E-state index in [0.29, 0.717) is 49.0 Å². The summed E-state index contributed by atoms with van der Waals surface area (Å²) < 4.78 is 88.4. The number of fused-ring (bicyclic) bond motifs is 1. The van der Waals surface area contributed by atoms with E-state index in [0.717, 1.165) is 36.5 Å². The van der Waals surface area contributed by atoms with Crippen LogP contribution in [-0.4, -0.2) is 45.0 Å². The first kappa shape index (κ1) is 31.2. The standard InChI is InChI=1S/C32H37F5O4/c1-2-3-4-5-16-38-26-19-39-30(40-20-26)15-9-22-7-13-27-25(17-22)12-11-24(31(27)34)10-6-23-8-14-29(28(33)18-23)41-21-32(35,36)37/h7-8,11-14,17-18,26,30H,2-6,9-10,15-16,19-21H2,1H3. The molecule has 0 bridgehead atoms. The summed E-state index contributed by atoms with van der Waals surface area (Å²) in [7, 11) is 0. The molecule has 0 radical (unpaired) electrons. The largest absolute Gasteiger partial charge is 0.481 e. The Bertz CT molecular complexity index is 1250. The number of rotatable bonds is 14. The number of hydrogen-bond acceptors (Lipinski definition) is 4. The third-order valence-electron chi connectivity index (χ3n) is 7.13. The molecule has 1 saturated heterocycles. The van der Waals surface area contributed by atoms with E-state index in [9.17, 15) is 17.6 Å². The van der Waals surface area contributed by atoms with Crippen molar-refractivity contribution in [1.82, 2.24) is 0 Å². The number of benzene rings is 3. The van der Waals surface area contributed by atoms with Gasteiger partial charge in [0.2, 0.25) is 0 Å². The van der Waals surface area contributed by atoms with Crippen molar-refractivity contribution in [3.63, 3.8) is 0 Å². The van der Waals surface area contributed by atoms with Crippen molar-refractivity contribution in [3.8, 4) is 5.75 Å². The van der Waals surface area contributed by atoms with E-state index in [2.05, 4.69) is 11.7 Å². The van der Waals surface area contributed by atoms with Crippen molar-refractivity contribution in [2.45, 2.75) is 76.9 Å². The highest BCUT2D eigenvalue weighted by Crippen LogP contribution is 2.26. The number of alkyl halides is 3. The van der Waals surface area contributed by atoms with E-state index >= 15 is 4.39 Å². The predicted molar refractivity (Wildman–Crippen MR) is 147 cm³/mol. The van der Waals surface area contributed by atoms with Crippen molar-refractivity contribution in [1.29, 1.82) is 0 Å². The molecule has 1 fully saturated rings. The van der Waals surface area contributed by atoms with Gasteiger partial charge in [-0.15, -0.1) is 0 Å². The minimum absolute atomic E-state index is 0.0265. The molecule has 0 spiro atoms. The molecule has 0 unspecified atom stereocenters. The van der Waals surface area contributed by atoms with Crippen molar-refractivity contribution < 1.29 is 40.9 Å². The van der Waals surface area contributed by atoms with Crippen molar-refractivity contribution >= 4 is 10.8 Å². The van der Waals surface area contributed by atoms with E-state index in [1.165, 1.54) is 31.4 Å². The summed E-state index contributed by atoms with van der Waals surface area (Å²) in [5.41, 5.74) is 2.07. The molecule has 0 amide bonds. The fraction of sp³-hybridized carbons (Fsp3) is 0.500. The summed E-state index contributed by atoms with van der Waals surface area (Å²) in [6.07, 6.45) is 1.82. The molecule has 1 aliphatic rings.